The fraction of sp³-hybridized carbons (Fsp3) is 0.261. The second-order valence-corrected chi connectivity index (χ2v) is 7.84. The minimum Gasteiger partial charge on any atom is -0.494 e. The summed E-state index contributed by atoms with van der Waals surface area (Å²) in [5.74, 6) is 0.950. The van der Waals surface area contributed by atoms with Gasteiger partial charge in [-0.1, -0.05) is 11.6 Å². The number of aromatic nitrogens is 1. The molecule has 0 fully saturated rings. The molecule has 0 bridgehead atoms. The molecule has 1 amide bonds. The largest absolute Gasteiger partial charge is 0.494 e. The van der Waals surface area contributed by atoms with Crippen molar-refractivity contribution in [1.82, 2.24) is 10.4 Å². The SMILES string of the molecule is CCOc1ccc(C=NNC(=O)CSc2cc(C)nc3c(C)cc(C)cc23)cc1. The lowest BCUT2D eigenvalue weighted by Crippen LogP contribution is -2.19. The molecule has 0 unspecified atom stereocenters. The summed E-state index contributed by atoms with van der Waals surface area (Å²) in [7, 11) is 0. The van der Waals surface area contributed by atoms with E-state index in [-0.39, 0.29) is 11.7 Å². The highest BCUT2D eigenvalue weighted by Gasteiger charge is 2.10. The number of aryl methyl sites for hydroxylation is 3. The van der Waals surface area contributed by atoms with E-state index < -0.39 is 0 Å². The molecule has 150 valence electrons. The van der Waals surface area contributed by atoms with Crippen molar-refractivity contribution in [2.75, 3.05) is 12.4 Å². The van der Waals surface area contributed by atoms with Gasteiger partial charge in [-0.2, -0.15) is 5.10 Å². The molecule has 29 heavy (non-hydrogen) atoms. The number of nitrogens with zero attached hydrogens (tertiary/aromatic N) is 2. The first-order chi connectivity index (χ1) is 14.0. The molecular weight excluding hydrogens is 382 g/mol. The Balaban J connectivity index is 1.62. The van der Waals surface area contributed by atoms with Crippen molar-refractivity contribution in [2.24, 2.45) is 5.10 Å². The predicted octanol–water partition coefficient (Wildman–Crippen LogP) is 4.80. The van der Waals surface area contributed by atoms with E-state index in [9.17, 15) is 4.79 Å². The maximum Gasteiger partial charge on any atom is 0.250 e. The highest BCUT2D eigenvalue weighted by Crippen LogP contribution is 2.30. The molecule has 3 rings (SSSR count). The van der Waals surface area contributed by atoms with E-state index in [1.165, 1.54) is 17.3 Å². The number of ether oxygens (including phenoxy) is 1. The minimum absolute atomic E-state index is 0.149. The number of fused-ring (bicyclic) bond motifs is 1. The molecule has 0 aliphatic heterocycles. The molecular formula is C23H25N3O2S. The standard InChI is InChI=1S/C23H25N3O2S/c1-5-28-19-8-6-18(7-9-19)13-24-26-22(27)14-29-21-12-17(4)25-23-16(3)10-15(2)11-20(21)23/h6-13H,5,14H2,1-4H3,(H,26,27). The number of benzene rings is 2. The number of hydrogen-bond donors (Lipinski definition) is 1. The van der Waals surface area contributed by atoms with Crippen LogP contribution in [0, 0.1) is 20.8 Å². The van der Waals surface area contributed by atoms with Crippen molar-refractivity contribution in [2.45, 2.75) is 32.6 Å². The molecule has 2 aromatic carbocycles. The maximum absolute atomic E-state index is 12.2. The lowest BCUT2D eigenvalue weighted by molar-refractivity contribution is -0.118. The van der Waals surface area contributed by atoms with Gasteiger partial charge in [0.15, 0.2) is 0 Å². The molecule has 1 aromatic heterocycles. The lowest BCUT2D eigenvalue weighted by Gasteiger charge is -2.10. The van der Waals surface area contributed by atoms with Crippen molar-refractivity contribution in [1.29, 1.82) is 0 Å². The van der Waals surface area contributed by atoms with Crippen molar-refractivity contribution < 1.29 is 9.53 Å². The second kappa shape index (κ2) is 9.56. The zero-order chi connectivity index (χ0) is 20.8. The van der Waals surface area contributed by atoms with Crippen LogP contribution in [0.1, 0.15) is 29.3 Å². The molecule has 0 radical (unpaired) electrons. The average molecular weight is 408 g/mol. The van der Waals surface area contributed by atoms with Gasteiger partial charge in [0.1, 0.15) is 5.75 Å². The zero-order valence-corrected chi connectivity index (χ0v) is 18.0. The van der Waals surface area contributed by atoms with Gasteiger partial charge in [0.25, 0.3) is 0 Å². The Morgan fingerprint density at radius 1 is 1.17 bits per heavy atom. The van der Waals surface area contributed by atoms with Crippen LogP contribution in [0.3, 0.4) is 0 Å². The number of nitrogens with one attached hydrogen (secondary N) is 1. The van der Waals surface area contributed by atoms with Gasteiger partial charge < -0.3 is 4.74 Å². The van der Waals surface area contributed by atoms with Crippen molar-refractivity contribution >= 4 is 34.8 Å². The average Bonchev–Trinajstić information content (AvgIpc) is 2.68. The predicted molar refractivity (Wildman–Crippen MR) is 120 cm³/mol. The van der Waals surface area contributed by atoms with E-state index in [0.29, 0.717) is 6.61 Å². The van der Waals surface area contributed by atoms with Gasteiger partial charge in [-0.3, -0.25) is 9.78 Å². The number of hydrogen-bond acceptors (Lipinski definition) is 5. The number of thioether (sulfide) groups is 1. The molecule has 0 aliphatic carbocycles. The van der Waals surface area contributed by atoms with Crippen LogP contribution in [-0.2, 0) is 4.79 Å². The summed E-state index contributed by atoms with van der Waals surface area (Å²) in [5, 5.41) is 5.13. The molecule has 0 saturated carbocycles. The van der Waals surface area contributed by atoms with E-state index >= 15 is 0 Å². The first-order valence-corrected chi connectivity index (χ1v) is 10.5. The van der Waals surface area contributed by atoms with Crippen LogP contribution in [0.5, 0.6) is 5.75 Å². The Kier molecular flexibility index (Phi) is 6.88. The summed E-state index contributed by atoms with van der Waals surface area (Å²) in [6.45, 7) is 8.69. The van der Waals surface area contributed by atoms with Crippen molar-refractivity contribution in [3.63, 3.8) is 0 Å². The van der Waals surface area contributed by atoms with Gasteiger partial charge in [-0.05, 0) is 75.2 Å². The second-order valence-electron chi connectivity index (χ2n) is 6.82. The van der Waals surface area contributed by atoms with Crippen LogP contribution in [0.15, 0.2) is 52.5 Å². The van der Waals surface area contributed by atoms with Crippen LogP contribution < -0.4 is 10.2 Å². The minimum atomic E-state index is -0.149. The van der Waals surface area contributed by atoms with Gasteiger partial charge in [0.2, 0.25) is 5.91 Å². The number of hydrazone groups is 1. The van der Waals surface area contributed by atoms with Crippen LogP contribution in [0.25, 0.3) is 10.9 Å². The van der Waals surface area contributed by atoms with Crippen LogP contribution in [0.4, 0.5) is 0 Å². The van der Waals surface area contributed by atoms with Gasteiger partial charge in [0.05, 0.1) is 24.1 Å². The van der Waals surface area contributed by atoms with E-state index in [1.807, 2.05) is 44.2 Å². The van der Waals surface area contributed by atoms with Gasteiger partial charge in [-0.15, -0.1) is 11.8 Å². The van der Waals surface area contributed by atoms with Crippen molar-refractivity contribution in [3.05, 3.63) is 64.8 Å². The Bertz CT molecular complexity index is 1050. The van der Waals surface area contributed by atoms with Gasteiger partial charge in [-0.25, -0.2) is 5.43 Å². The highest BCUT2D eigenvalue weighted by molar-refractivity contribution is 8.00. The number of carbonyl (C=O) groups is 1. The summed E-state index contributed by atoms with van der Waals surface area (Å²) in [4.78, 5) is 17.9. The Morgan fingerprint density at radius 2 is 1.93 bits per heavy atom. The summed E-state index contributed by atoms with van der Waals surface area (Å²) < 4.78 is 5.41. The third-order valence-electron chi connectivity index (χ3n) is 4.29. The van der Waals surface area contributed by atoms with Crippen LogP contribution in [-0.4, -0.2) is 29.5 Å². The number of rotatable bonds is 7. The molecule has 0 aliphatic rings. The first-order valence-electron chi connectivity index (χ1n) is 9.52. The van der Waals surface area contributed by atoms with E-state index in [1.54, 1.807) is 6.21 Å². The highest BCUT2D eigenvalue weighted by atomic mass is 32.2. The smallest absolute Gasteiger partial charge is 0.250 e. The van der Waals surface area contributed by atoms with Crippen LogP contribution >= 0.6 is 11.8 Å². The van der Waals surface area contributed by atoms with Gasteiger partial charge >= 0.3 is 0 Å². The summed E-state index contributed by atoms with van der Waals surface area (Å²) in [5.41, 5.74) is 7.75. The molecule has 5 nitrogen and oxygen atoms in total. The molecule has 0 saturated heterocycles. The summed E-state index contributed by atoms with van der Waals surface area (Å²) in [6.07, 6.45) is 1.62. The zero-order valence-electron chi connectivity index (χ0n) is 17.2. The normalized spacial score (nSPS) is 11.2. The Morgan fingerprint density at radius 3 is 2.66 bits per heavy atom. The first kappa shape index (κ1) is 20.9. The summed E-state index contributed by atoms with van der Waals surface area (Å²) >= 11 is 1.50. The van der Waals surface area contributed by atoms with E-state index in [4.69, 9.17) is 4.74 Å². The number of pyridine rings is 1. The fourth-order valence-corrected chi connectivity index (χ4v) is 3.98. The maximum atomic E-state index is 12.2. The lowest BCUT2D eigenvalue weighted by atomic mass is 10.1. The molecule has 1 N–H and O–H groups in total. The van der Waals surface area contributed by atoms with Gasteiger partial charge in [0, 0.05) is 16.0 Å². The fourth-order valence-electron chi connectivity index (χ4n) is 3.06. The Labute approximate surface area is 175 Å². The third-order valence-corrected chi connectivity index (χ3v) is 5.35. The number of amides is 1. The van der Waals surface area contributed by atoms with Crippen molar-refractivity contribution in [3.8, 4) is 5.75 Å². The quantitative estimate of drug-likeness (QED) is 0.347. The molecule has 0 spiro atoms. The molecule has 6 heteroatoms. The van der Waals surface area contributed by atoms with E-state index in [0.717, 1.165) is 38.4 Å². The topological polar surface area (TPSA) is 63.6 Å². The molecule has 1 heterocycles. The third kappa shape index (κ3) is 5.57. The molecule has 3 aromatic rings. The Hall–Kier alpha value is -2.86. The summed E-state index contributed by atoms with van der Waals surface area (Å²) in [6, 6.07) is 13.8. The van der Waals surface area contributed by atoms with E-state index in [2.05, 4.69) is 41.5 Å². The molecule has 0 atom stereocenters. The monoisotopic (exact) mass is 407 g/mol. The number of carbonyl (C=O) groups excluding carboxylic acids is 1. The van der Waals surface area contributed by atoms with Crippen LogP contribution in [0.2, 0.25) is 0 Å².